The van der Waals surface area contributed by atoms with Gasteiger partial charge in [-0.3, -0.25) is 0 Å². The summed E-state index contributed by atoms with van der Waals surface area (Å²) in [6.07, 6.45) is 0. The number of fused-ring (bicyclic) bond motifs is 1. The molecule has 0 aliphatic rings. The third-order valence-corrected chi connectivity index (χ3v) is 2.63. The highest BCUT2D eigenvalue weighted by molar-refractivity contribution is 7.16. The van der Waals surface area contributed by atoms with E-state index in [9.17, 15) is 0 Å². The molecule has 0 spiro atoms. The van der Waals surface area contributed by atoms with Crippen LogP contribution >= 0.6 is 22.9 Å². The van der Waals surface area contributed by atoms with Crippen molar-refractivity contribution in [3.05, 3.63) is 16.5 Å². The highest BCUT2D eigenvalue weighted by Gasteiger charge is 2.11. The number of nitrogens with zero attached hydrogens (tertiary/aromatic N) is 3. The number of aromatic nitrogens is 3. The van der Waals surface area contributed by atoms with E-state index in [0.717, 1.165) is 16.0 Å². The van der Waals surface area contributed by atoms with Crippen molar-refractivity contribution in [2.45, 2.75) is 19.8 Å². The molecule has 0 aliphatic heterocycles. The zero-order chi connectivity index (χ0) is 9.42. The zero-order valence-corrected chi connectivity index (χ0v) is 8.85. The van der Waals surface area contributed by atoms with Gasteiger partial charge in [0.15, 0.2) is 0 Å². The highest BCUT2D eigenvalue weighted by atomic mass is 35.5. The molecule has 13 heavy (non-hydrogen) atoms. The van der Waals surface area contributed by atoms with Crippen LogP contribution in [0.15, 0.2) is 5.51 Å². The van der Waals surface area contributed by atoms with Gasteiger partial charge in [0.2, 0.25) is 5.28 Å². The molecule has 3 nitrogen and oxygen atoms in total. The minimum atomic E-state index is 0.306. The number of hydrogen-bond acceptors (Lipinski definition) is 4. The van der Waals surface area contributed by atoms with Crippen molar-refractivity contribution >= 4 is 33.3 Å². The van der Waals surface area contributed by atoms with Crippen LogP contribution in [-0.2, 0) is 0 Å². The van der Waals surface area contributed by atoms with Crippen molar-refractivity contribution < 1.29 is 0 Å². The molecule has 0 aliphatic carbocycles. The van der Waals surface area contributed by atoms with Crippen molar-refractivity contribution in [2.75, 3.05) is 0 Å². The quantitative estimate of drug-likeness (QED) is 0.684. The minimum absolute atomic E-state index is 0.306. The summed E-state index contributed by atoms with van der Waals surface area (Å²) in [4.78, 5) is 13.3. The lowest BCUT2D eigenvalue weighted by molar-refractivity contribution is 0.826. The molecule has 0 amide bonds. The van der Waals surface area contributed by atoms with Crippen molar-refractivity contribution in [3.63, 3.8) is 0 Å². The Morgan fingerprint density at radius 2 is 2.15 bits per heavy atom. The third kappa shape index (κ3) is 1.51. The Kier molecular flexibility index (Phi) is 2.17. The van der Waals surface area contributed by atoms with Gasteiger partial charge >= 0.3 is 0 Å². The monoisotopic (exact) mass is 213 g/mol. The molecule has 0 radical (unpaired) electrons. The smallest absolute Gasteiger partial charge is 0.224 e. The first kappa shape index (κ1) is 8.84. The Morgan fingerprint density at radius 3 is 2.85 bits per heavy atom. The van der Waals surface area contributed by atoms with Crippen molar-refractivity contribution in [1.82, 2.24) is 15.0 Å². The molecule has 0 N–H and O–H groups in total. The lowest BCUT2D eigenvalue weighted by Gasteiger charge is -2.04. The van der Waals surface area contributed by atoms with Crippen LogP contribution < -0.4 is 0 Å². The normalized spacial score (nSPS) is 11.4. The predicted octanol–water partition coefficient (Wildman–Crippen LogP) is 2.86. The van der Waals surface area contributed by atoms with Crippen LogP contribution in [0.3, 0.4) is 0 Å². The first-order valence-corrected chi connectivity index (χ1v) is 5.21. The van der Waals surface area contributed by atoms with Gasteiger partial charge in [0.1, 0.15) is 10.3 Å². The van der Waals surface area contributed by atoms with E-state index in [-0.39, 0.29) is 0 Å². The molecule has 0 saturated carbocycles. The molecule has 5 heteroatoms. The Hall–Kier alpha value is -0.740. The Labute approximate surface area is 84.8 Å². The molecule has 2 rings (SSSR count). The summed E-state index contributed by atoms with van der Waals surface area (Å²) in [5, 5.41) is 0.306. The molecule has 0 saturated heterocycles. The van der Waals surface area contributed by atoms with Crippen molar-refractivity contribution in [1.29, 1.82) is 0 Å². The van der Waals surface area contributed by atoms with Gasteiger partial charge in [0.05, 0.1) is 11.2 Å². The van der Waals surface area contributed by atoms with E-state index in [1.165, 1.54) is 11.3 Å². The van der Waals surface area contributed by atoms with Gasteiger partial charge in [-0.15, -0.1) is 11.3 Å². The maximum atomic E-state index is 5.78. The lowest BCUT2D eigenvalue weighted by Crippen LogP contribution is -1.96. The average molecular weight is 214 g/mol. The summed E-state index contributed by atoms with van der Waals surface area (Å²) >= 11 is 7.27. The number of hydrogen-bond donors (Lipinski definition) is 0. The molecular weight excluding hydrogens is 206 g/mol. The first-order valence-electron chi connectivity index (χ1n) is 3.95. The van der Waals surface area contributed by atoms with Crippen LogP contribution in [0.2, 0.25) is 5.28 Å². The van der Waals surface area contributed by atoms with Gasteiger partial charge in [0, 0.05) is 0 Å². The van der Waals surface area contributed by atoms with Crippen LogP contribution in [0.25, 0.3) is 10.3 Å². The summed E-state index contributed by atoms with van der Waals surface area (Å²) in [7, 11) is 0. The molecule has 0 unspecified atom stereocenters. The highest BCUT2D eigenvalue weighted by Crippen LogP contribution is 2.24. The summed E-state index contributed by atoms with van der Waals surface area (Å²) < 4.78 is 0. The van der Waals surface area contributed by atoms with E-state index in [4.69, 9.17) is 11.6 Å². The Morgan fingerprint density at radius 1 is 1.38 bits per heavy atom. The zero-order valence-electron chi connectivity index (χ0n) is 7.28. The van der Waals surface area contributed by atoms with E-state index in [1.54, 1.807) is 5.51 Å². The van der Waals surface area contributed by atoms with E-state index in [0.29, 0.717) is 11.2 Å². The van der Waals surface area contributed by atoms with Crippen LogP contribution in [0.1, 0.15) is 25.5 Å². The average Bonchev–Trinajstić information content (AvgIpc) is 2.49. The molecule has 68 valence electrons. The minimum Gasteiger partial charge on any atom is -0.241 e. The maximum absolute atomic E-state index is 5.78. The summed E-state index contributed by atoms with van der Waals surface area (Å²) in [5.74, 6) is 0.324. The standard InChI is InChI=1S/C8H8ClN3S/c1-4(2)5-6-7(13-3-10-6)12-8(9)11-5/h3-4H,1-2H3. The van der Waals surface area contributed by atoms with Crippen LogP contribution in [-0.4, -0.2) is 15.0 Å². The SMILES string of the molecule is CC(C)c1nc(Cl)nc2scnc12. The Balaban J connectivity index is 2.77. The molecule has 2 aromatic heterocycles. The number of rotatable bonds is 1. The van der Waals surface area contributed by atoms with Crippen LogP contribution in [0.5, 0.6) is 0 Å². The first-order chi connectivity index (χ1) is 6.18. The van der Waals surface area contributed by atoms with Gasteiger partial charge in [-0.2, -0.15) is 0 Å². The number of halogens is 1. The van der Waals surface area contributed by atoms with E-state index >= 15 is 0 Å². The van der Waals surface area contributed by atoms with Crippen molar-refractivity contribution in [2.24, 2.45) is 0 Å². The summed E-state index contributed by atoms with van der Waals surface area (Å²) in [6, 6.07) is 0. The molecule has 0 bridgehead atoms. The maximum Gasteiger partial charge on any atom is 0.224 e. The molecule has 2 heterocycles. The molecule has 2 aromatic rings. The van der Waals surface area contributed by atoms with Gasteiger partial charge in [0.25, 0.3) is 0 Å². The summed E-state index contributed by atoms with van der Waals surface area (Å²) in [5.41, 5.74) is 3.57. The number of thiazole rings is 1. The fraction of sp³-hybridized carbons (Fsp3) is 0.375. The molecule has 0 atom stereocenters. The molecule has 0 fully saturated rings. The second-order valence-electron chi connectivity index (χ2n) is 3.04. The van der Waals surface area contributed by atoms with Gasteiger partial charge < -0.3 is 0 Å². The molecular formula is C8H8ClN3S. The fourth-order valence-electron chi connectivity index (χ4n) is 1.16. The topological polar surface area (TPSA) is 38.7 Å². The van der Waals surface area contributed by atoms with Gasteiger partial charge in [-0.05, 0) is 17.5 Å². The largest absolute Gasteiger partial charge is 0.241 e. The second-order valence-corrected chi connectivity index (χ2v) is 4.21. The molecule has 0 aromatic carbocycles. The van der Waals surface area contributed by atoms with Gasteiger partial charge in [-0.25, -0.2) is 15.0 Å². The fourth-order valence-corrected chi connectivity index (χ4v) is 2.05. The van der Waals surface area contributed by atoms with Crippen molar-refractivity contribution in [3.8, 4) is 0 Å². The van der Waals surface area contributed by atoms with E-state index < -0.39 is 0 Å². The van der Waals surface area contributed by atoms with Crippen LogP contribution in [0.4, 0.5) is 0 Å². The van der Waals surface area contributed by atoms with E-state index in [2.05, 4.69) is 28.8 Å². The summed E-state index contributed by atoms with van der Waals surface area (Å²) in [6.45, 7) is 4.13. The Bertz CT molecular complexity index is 438. The predicted molar refractivity (Wildman–Crippen MR) is 54.3 cm³/mol. The van der Waals surface area contributed by atoms with Gasteiger partial charge in [-0.1, -0.05) is 13.8 Å². The van der Waals surface area contributed by atoms with Crippen LogP contribution in [0, 0.1) is 0 Å². The second kappa shape index (κ2) is 3.20. The lowest BCUT2D eigenvalue weighted by atomic mass is 10.1. The third-order valence-electron chi connectivity index (χ3n) is 1.74. The van der Waals surface area contributed by atoms with E-state index in [1.807, 2.05) is 0 Å².